The number of nitrogens with two attached hydrogens (primary N) is 1. The van der Waals surface area contributed by atoms with Crippen LogP contribution in [-0.4, -0.2) is 42.1 Å². The van der Waals surface area contributed by atoms with Crippen LogP contribution in [-0.2, 0) is 22.4 Å². The third kappa shape index (κ3) is 6.09. The molecule has 0 spiro atoms. The number of para-hydroxylation sites is 1. The van der Waals surface area contributed by atoms with Crippen molar-refractivity contribution in [2.24, 2.45) is 5.73 Å². The highest BCUT2D eigenvalue weighted by Crippen LogP contribution is 2.26. The normalized spacial score (nSPS) is 11.6. The maximum atomic E-state index is 11.9. The zero-order chi connectivity index (χ0) is 19.8. The van der Waals surface area contributed by atoms with Gasteiger partial charge in [0, 0.05) is 20.5 Å². The number of hydrogen-bond acceptors (Lipinski definition) is 5. The van der Waals surface area contributed by atoms with Crippen LogP contribution in [0.1, 0.15) is 17.5 Å². The first kappa shape index (κ1) is 20.4. The maximum Gasteiger partial charge on any atom is 0.243 e. The fraction of sp³-hybridized carbons (Fsp3) is 0.300. The Kier molecular flexibility index (Phi) is 7.34. The summed E-state index contributed by atoms with van der Waals surface area (Å²) in [6.07, 6.45) is 1.06. The Morgan fingerprint density at radius 2 is 1.81 bits per heavy atom. The van der Waals surface area contributed by atoms with Gasteiger partial charge in [-0.1, -0.05) is 30.3 Å². The van der Waals surface area contributed by atoms with Crippen LogP contribution < -0.4 is 16.0 Å². The molecule has 0 fully saturated rings. The van der Waals surface area contributed by atoms with Gasteiger partial charge in [0.25, 0.3) is 0 Å². The van der Waals surface area contributed by atoms with E-state index >= 15 is 0 Å². The van der Waals surface area contributed by atoms with Gasteiger partial charge in [-0.25, -0.2) is 5.48 Å². The van der Waals surface area contributed by atoms with Crippen LogP contribution in [0.2, 0.25) is 0 Å². The molecule has 2 aromatic rings. The van der Waals surface area contributed by atoms with Crippen molar-refractivity contribution in [3.8, 4) is 11.5 Å². The van der Waals surface area contributed by atoms with Crippen molar-refractivity contribution < 1.29 is 19.5 Å². The Labute approximate surface area is 158 Å². The summed E-state index contributed by atoms with van der Waals surface area (Å²) in [5, 5.41) is 8.61. The summed E-state index contributed by atoms with van der Waals surface area (Å²) >= 11 is 0. The molecule has 7 nitrogen and oxygen atoms in total. The summed E-state index contributed by atoms with van der Waals surface area (Å²) in [7, 11) is 3.36. The largest absolute Gasteiger partial charge is 0.457 e. The van der Waals surface area contributed by atoms with Crippen LogP contribution in [0.25, 0.3) is 0 Å². The first-order valence-corrected chi connectivity index (χ1v) is 8.65. The van der Waals surface area contributed by atoms with Gasteiger partial charge in [-0.15, -0.1) is 0 Å². The van der Waals surface area contributed by atoms with E-state index in [4.69, 9.17) is 15.7 Å². The van der Waals surface area contributed by atoms with Crippen molar-refractivity contribution in [3.05, 3.63) is 59.7 Å². The van der Waals surface area contributed by atoms with Crippen LogP contribution in [0, 0.1) is 0 Å². The van der Waals surface area contributed by atoms with E-state index in [2.05, 4.69) is 0 Å². The second-order valence-corrected chi connectivity index (χ2v) is 6.43. The molecule has 2 rings (SSSR count). The molecule has 0 aliphatic rings. The van der Waals surface area contributed by atoms with Gasteiger partial charge in [-0.05, 0) is 42.2 Å². The molecular weight excluding hydrogens is 346 g/mol. The lowest BCUT2D eigenvalue weighted by molar-refractivity contribution is -0.130. The fourth-order valence-electron chi connectivity index (χ4n) is 2.61. The zero-order valence-corrected chi connectivity index (χ0v) is 15.5. The summed E-state index contributed by atoms with van der Waals surface area (Å²) in [5.41, 5.74) is 9.36. The van der Waals surface area contributed by atoms with Crippen molar-refractivity contribution in [1.29, 1.82) is 0 Å². The summed E-state index contributed by atoms with van der Waals surface area (Å²) in [6.45, 7) is 0. The topological polar surface area (TPSA) is 105 Å². The highest BCUT2D eigenvalue weighted by molar-refractivity contribution is 5.81. The van der Waals surface area contributed by atoms with Crippen LogP contribution in [0.3, 0.4) is 0 Å². The molecule has 144 valence electrons. The molecule has 0 saturated heterocycles. The molecule has 0 heterocycles. The predicted molar refractivity (Wildman–Crippen MR) is 102 cm³/mol. The van der Waals surface area contributed by atoms with E-state index < -0.39 is 11.9 Å². The molecule has 0 aliphatic heterocycles. The number of rotatable bonds is 8. The SMILES string of the molecule is CN(C)C(=O)[C@@H](N)Cc1ccc(Oc2ccccc2CCC(=O)NO)cc1. The second kappa shape index (κ2) is 9.70. The van der Waals surface area contributed by atoms with Crippen LogP contribution >= 0.6 is 0 Å². The van der Waals surface area contributed by atoms with E-state index in [-0.39, 0.29) is 12.3 Å². The third-order valence-electron chi connectivity index (χ3n) is 4.08. The van der Waals surface area contributed by atoms with Crippen LogP contribution in [0.5, 0.6) is 11.5 Å². The molecule has 2 aromatic carbocycles. The molecule has 0 bridgehead atoms. The summed E-state index contributed by atoms with van der Waals surface area (Å²) in [4.78, 5) is 24.6. The minimum absolute atomic E-state index is 0.115. The highest BCUT2D eigenvalue weighted by atomic mass is 16.5. The van der Waals surface area contributed by atoms with Crippen molar-refractivity contribution in [2.75, 3.05) is 14.1 Å². The first-order valence-electron chi connectivity index (χ1n) is 8.65. The molecule has 0 saturated carbocycles. The second-order valence-electron chi connectivity index (χ2n) is 6.43. The van der Waals surface area contributed by atoms with Crippen LogP contribution in [0.4, 0.5) is 0 Å². The number of carbonyl (C=O) groups excluding carboxylic acids is 2. The zero-order valence-electron chi connectivity index (χ0n) is 15.5. The van der Waals surface area contributed by atoms with E-state index in [9.17, 15) is 9.59 Å². The number of benzene rings is 2. The van der Waals surface area contributed by atoms with Gasteiger partial charge >= 0.3 is 0 Å². The number of carbonyl (C=O) groups is 2. The van der Waals surface area contributed by atoms with E-state index in [0.29, 0.717) is 24.3 Å². The van der Waals surface area contributed by atoms with Gasteiger partial charge in [0.05, 0.1) is 6.04 Å². The van der Waals surface area contributed by atoms with E-state index in [1.807, 2.05) is 48.5 Å². The number of likely N-dealkylation sites (N-methyl/N-ethyl adjacent to an activating group) is 1. The van der Waals surface area contributed by atoms with Gasteiger partial charge in [0.2, 0.25) is 11.8 Å². The Hall–Kier alpha value is -2.90. The van der Waals surface area contributed by atoms with Gasteiger partial charge in [-0.3, -0.25) is 14.8 Å². The molecule has 0 aromatic heterocycles. The standard InChI is InChI=1S/C20H25N3O4/c1-23(2)20(25)17(21)13-14-7-10-16(11-8-14)27-18-6-4-3-5-15(18)9-12-19(24)22-26/h3-8,10-11,17,26H,9,12-13,21H2,1-2H3,(H,22,24)/t17-/m0/s1. The lowest BCUT2D eigenvalue weighted by Gasteiger charge is -2.17. The lowest BCUT2D eigenvalue weighted by Crippen LogP contribution is -2.41. The molecule has 0 radical (unpaired) electrons. The van der Waals surface area contributed by atoms with E-state index in [0.717, 1.165) is 11.1 Å². The van der Waals surface area contributed by atoms with Gasteiger partial charge < -0.3 is 15.4 Å². The van der Waals surface area contributed by atoms with Crippen molar-refractivity contribution in [1.82, 2.24) is 10.4 Å². The molecule has 27 heavy (non-hydrogen) atoms. The van der Waals surface area contributed by atoms with Crippen molar-refractivity contribution in [2.45, 2.75) is 25.3 Å². The molecule has 0 aliphatic carbocycles. The number of aryl methyl sites for hydroxylation is 1. The molecule has 2 amide bonds. The average Bonchev–Trinajstić information content (AvgIpc) is 2.67. The highest BCUT2D eigenvalue weighted by Gasteiger charge is 2.16. The quantitative estimate of drug-likeness (QED) is 0.485. The molecular formula is C20H25N3O4. The molecule has 4 N–H and O–H groups in total. The monoisotopic (exact) mass is 371 g/mol. The van der Waals surface area contributed by atoms with Gasteiger partial charge in [0.1, 0.15) is 11.5 Å². The smallest absolute Gasteiger partial charge is 0.243 e. The Balaban J connectivity index is 2.02. The number of hydrogen-bond donors (Lipinski definition) is 3. The van der Waals surface area contributed by atoms with Crippen LogP contribution in [0.15, 0.2) is 48.5 Å². The Bertz CT molecular complexity index is 775. The average molecular weight is 371 g/mol. The number of hydroxylamine groups is 1. The van der Waals surface area contributed by atoms with E-state index in [1.165, 1.54) is 4.90 Å². The first-order chi connectivity index (χ1) is 12.9. The predicted octanol–water partition coefficient (Wildman–Crippen LogP) is 1.87. The summed E-state index contributed by atoms with van der Waals surface area (Å²) < 4.78 is 5.92. The summed E-state index contributed by atoms with van der Waals surface area (Å²) in [5.74, 6) is 0.731. The van der Waals surface area contributed by atoms with E-state index in [1.54, 1.807) is 19.6 Å². The van der Waals surface area contributed by atoms with Crippen molar-refractivity contribution >= 4 is 11.8 Å². The van der Waals surface area contributed by atoms with Gasteiger partial charge in [-0.2, -0.15) is 0 Å². The Morgan fingerprint density at radius 1 is 1.15 bits per heavy atom. The Morgan fingerprint density at radius 3 is 2.44 bits per heavy atom. The molecule has 1 atom stereocenters. The minimum atomic E-state index is -0.579. The lowest BCUT2D eigenvalue weighted by atomic mass is 10.1. The number of ether oxygens (including phenoxy) is 1. The number of nitrogens with zero attached hydrogens (tertiary/aromatic N) is 1. The summed E-state index contributed by atoms with van der Waals surface area (Å²) in [6, 6.07) is 14.2. The minimum Gasteiger partial charge on any atom is -0.457 e. The van der Waals surface area contributed by atoms with Crippen molar-refractivity contribution in [3.63, 3.8) is 0 Å². The molecule has 0 unspecified atom stereocenters. The molecule has 7 heteroatoms. The maximum absolute atomic E-state index is 11.9. The third-order valence-corrected chi connectivity index (χ3v) is 4.08. The number of amides is 2. The van der Waals surface area contributed by atoms with Gasteiger partial charge in [0.15, 0.2) is 0 Å². The number of nitrogens with one attached hydrogen (secondary N) is 1. The fourth-order valence-corrected chi connectivity index (χ4v) is 2.61.